The molecular formula is C15H21ClO2S. The lowest BCUT2D eigenvalue weighted by molar-refractivity contribution is 0.224. The SMILES string of the molecule is CC1(C)CCC(c2ccccc2CS(=O)(=O)Cl)CC1. The Morgan fingerprint density at radius 3 is 2.37 bits per heavy atom. The Morgan fingerprint density at radius 1 is 1.21 bits per heavy atom. The summed E-state index contributed by atoms with van der Waals surface area (Å²) in [6.45, 7) is 4.61. The van der Waals surface area contributed by atoms with Gasteiger partial charge in [0.1, 0.15) is 0 Å². The molecule has 0 heterocycles. The van der Waals surface area contributed by atoms with Gasteiger partial charge in [-0.1, -0.05) is 38.1 Å². The first-order chi connectivity index (χ1) is 8.77. The Hall–Kier alpha value is -0.540. The van der Waals surface area contributed by atoms with E-state index in [0.29, 0.717) is 11.3 Å². The summed E-state index contributed by atoms with van der Waals surface area (Å²) in [5.41, 5.74) is 2.45. The van der Waals surface area contributed by atoms with E-state index in [1.165, 1.54) is 18.4 Å². The first kappa shape index (κ1) is 14.9. The number of hydrogen-bond donors (Lipinski definition) is 0. The van der Waals surface area contributed by atoms with Crippen molar-refractivity contribution < 1.29 is 8.42 Å². The number of rotatable bonds is 3. The molecule has 19 heavy (non-hydrogen) atoms. The van der Waals surface area contributed by atoms with Crippen molar-refractivity contribution in [2.75, 3.05) is 0 Å². The van der Waals surface area contributed by atoms with E-state index >= 15 is 0 Å². The summed E-state index contributed by atoms with van der Waals surface area (Å²) < 4.78 is 22.6. The third kappa shape index (κ3) is 4.22. The normalized spacial score (nSPS) is 20.4. The lowest BCUT2D eigenvalue weighted by Gasteiger charge is -2.35. The summed E-state index contributed by atoms with van der Waals surface area (Å²) in [5.74, 6) is 0.410. The van der Waals surface area contributed by atoms with Crippen molar-refractivity contribution in [1.82, 2.24) is 0 Å². The minimum Gasteiger partial charge on any atom is -0.212 e. The van der Waals surface area contributed by atoms with Crippen LogP contribution in [-0.2, 0) is 14.8 Å². The van der Waals surface area contributed by atoms with E-state index in [4.69, 9.17) is 10.7 Å². The van der Waals surface area contributed by atoms with Crippen LogP contribution in [-0.4, -0.2) is 8.42 Å². The summed E-state index contributed by atoms with van der Waals surface area (Å²) in [6.07, 6.45) is 4.65. The molecule has 4 heteroatoms. The average Bonchev–Trinajstić information content (AvgIpc) is 2.28. The molecule has 0 unspecified atom stereocenters. The zero-order chi connectivity index (χ0) is 14.1. The van der Waals surface area contributed by atoms with Crippen molar-refractivity contribution in [3.63, 3.8) is 0 Å². The summed E-state index contributed by atoms with van der Waals surface area (Å²) in [4.78, 5) is 0. The van der Waals surface area contributed by atoms with E-state index in [0.717, 1.165) is 18.4 Å². The summed E-state index contributed by atoms with van der Waals surface area (Å²) in [5, 5.41) is 0. The van der Waals surface area contributed by atoms with Crippen LogP contribution in [0.25, 0.3) is 0 Å². The van der Waals surface area contributed by atoms with Gasteiger partial charge in [-0.15, -0.1) is 0 Å². The molecule has 1 saturated carbocycles. The number of hydrogen-bond acceptors (Lipinski definition) is 2. The van der Waals surface area contributed by atoms with Crippen molar-refractivity contribution >= 4 is 19.7 Å². The fourth-order valence-corrected chi connectivity index (χ4v) is 3.95. The van der Waals surface area contributed by atoms with Crippen LogP contribution in [0.4, 0.5) is 0 Å². The minimum atomic E-state index is -3.49. The van der Waals surface area contributed by atoms with Gasteiger partial charge in [0.25, 0.3) is 0 Å². The van der Waals surface area contributed by atoms with Crippen LogP contribution >= 0.6 is 10.7 Å². The highest BCUT2D eigenvalue weighted by molar-refractivity contribution is 8.13. The van der Waals surface area contributed by atoms with Crippen LogP contribution in [0.5, 0.6) is 0 Å². The Kier molecular flexibility index (Phi) is 4.26. The molecule has 1 aromatic rings. The Bertz CT molecular complexity index is 539. The Balaban J connectivity index is 2.21. The van der Waals surface area contributed by atoms with E-state index < -0.39 is 9.05 Å². The fourth-order valence-electron chi connectivity index (χ4n) is 2.96. The quantitative estimate of drug-likeness (QED) is 0.773. The van der Waals surface area contributed by atoms with Crippen LogP contribution < -0.4 is 0 Å². The first-order valence-corrected chi connectivity index (χ1v) is 9.25. The third-order valence-corrected chi connectivity index (χ3v) is 5.15. The molecule has 0 radical (unpaired) electrons. The van der Waals surface area contributed by atoms with Gasteiger partial charge in [-0.25, -0.2) is 8.42 Å². The van der Waals surface area contributed by atoms with Gasteiger partial charge in [-0.05, 0) is 48.1 Å². The predicted octanol–water partition coefficient (Wildman–Crippen LogP) is 4.44. The predicted molar refractivity (Wildman–Crippen MR) is 79.9 cm³/mol. The lowest BCUT2D eigenvalue weighted by Crippen LogP contribution is -2.21. The fraction of sp³-hybridized carbons (Fsp3) is 0.600. The van der Waals surface area contributed by atoms with Crippen LogP contribution in [0, 0.1) is 5.41 Å². The molecule has 0 saturated heterocycles. The van der Waals surface area contributed by atoms with E-state index in [1.54, 1.807) is 0 Å². The molecular weight excluding hydrogens is 280 g/mol. The van der Waals surface area contributed by atoms with E-state index in [-0.39, 0.29) is 5.75 Å². The molecule has 2 rings (SSSR count). The van der Waals surface area contributed by atoms with Crippen molar-refractivity contribution in [2.45, 2.75) is 51.2 Å². The maximum atomic E-state index is 11.3. The molecule has 2 nitrogen and oxygen atoms in total. The maximum Gasteiger partial charge on any atom is 0.236 e. The molecule has 1 aliphatic carbocycles. The highest BCUT2D eigenvalue weighted by Gasteiger charge is 2.28. The molecule has 0 amide bonds. The molecule has 0 atom stereocenters. The monoisotopic (exact) mass is 300 g/mol. The smallest absolute Gasteiger partial charge is 0.212 e. The molecule has 0 N–H and O–H groups in total. The highest BCUT2D eigenvalue weighted by atomic mass is 35.7. The van der Waals surface area contributed by atoms with Gasteiger partial charge >= 0.3 is 0 Å². The lowest BCUT2D eigenvalue weighted by atomic mass is 9.71. The molecule has 1 aromatic carbocycles. The van der Waals surface area contributed by atoms with Gasteiger partial charge in [0.05, 0.1) is 5.75 Å². The molecule has 0 bridgehead atoms. The molecule has 106 valence electrons. The Morgan fingerprint density at radius 2 is 1.79 bits per heavy atom. The van der Waals surface area contributed by atoms with E-state index in [2.05, 4.69) is 19.9 Å². The van der Waals surface area contributed by atoms with E-state index in [1.807, 2.05) is 18.2 Å². The topological polar surface area (TPSA) is 34.1 Å². The van der Waals surface area contributed by atoms with Gasteiger partial charge in [0, 0.05) is 10.7 Å². The second-order valence-corrected chi connectivity index (χ2v) is 9.10. The van der Waals surface area contributed by atoms with Gasteiger partial charge in [-0.2, -0.15) is 0 Å². The molecule has 0 spiro atoms. The third-order valence-electron chi connectivity index (χ3n) is 4.16. The highest BCUT2D eigenvalue weighted by Crippen LogP contribution is 2.43. The zero-order valence-corrected chi connectivity index (χ0v) is 13.1. The van der Waals surface area contributed by atoms with Gasteiger partial charge in [-0.3, -0.25) is 0 Å². The van der Waals surface area contributed by atoms with E-state index in [9.17, 15) is 8.42 Å². The largest absolute Gasteiger partial charge is 0.236 e. The minimum absolute atomic E-state index is 0.0649. The number of halogens is 1. The Labute approximate surface area is 120 Å². The standard InChI is InChI=1S/C15H21ClO2S/c1-15(2)9-7-12(8-10-15)14-6-4-3-5-13(14)11-19(16,17)18/h3-6,12H,7-11H2,1-2H3. The molecule has 0 aliphatic heterocycles. The van der Waals surface area contributed by atoms with Crippen molar-refractivity contribution in [3.8, 4) is 0 Å². The van der Waals surface area contributed by atoms with Crippen LogP contribution in [0.1, 0.15) is 56.6 Å². The maximum absolute atomic E-state index is 11.3. The summed E-state index contributed by atoms with van der Waals surface area (Å²) in [7, 11) is 1.91. The van der Waals surface area contributed by atoms with Crippen molar-refractivity contribution in [3.05, 3.63) is 35.4 Å². The zero-order valence-electron chi connectivity index (χ0n) is 11.5. The van der Waals surface area contributed by atoms with Crippen LogP contribution in [0.2, 0.25) is 0 Å². The second kappa shape index (κ2) is 5.45. The second-order valence-electron chi connectivity index (χ2n) is 6.32. The van der Waals surface area contributed by atoms with Crippen molar-refractivity contribution in [1.29, 1.82) is 0 Å². The molecule has 0 aromatic heterocycles. The number of benzene rings is 1. The van der Waals surface area contributed by atoms with Crippen molar-refractivity contribution in [2.24, 2.45) is 5.41 Å². The first-order valence-electron chi connectivity index (χ1n) is 6.77. The summed E-state index contributed by atoms with van der Waals surface area (Å²) >= 11 is 0. The summed E-state index contributed by atoms with van der Waals surface area (Å²) in [6, 6.07) is 7.81. The van der Waals surface area contributed by atoms with Gasteiger partial charge < -0.3 is 0 Å². The average molecular weight is 301 g/mol. The van der Waals surface area contributed by atoms with Gasteiger partial charge in [0.2, 0.25) is 9.05 Å². The molecule has 1 aliphatic rings. The van der Waals surface area contributed by atoms with Gasteiger partial charge in [0.15, 0.2) is 0 Å². The van der Waals surface area contributed by atoms with Crippen LogP contribution in [0.15, 0.2) is 24.3 Å². The van der Waals surface area contributed by atoms with Crippen LogP contribution in [0.3, 0.4) is 0 Å². The molecule has 1 fully saturated rings.